The van der Waals surface area contributed by atoms with Crippen LogP contribution in [-0.2, 0) is 0 Å². The van der Waals surface area contributed by atoms with Gasteiger partial charge < -0.3 is 4.90 Å². The Morgan fingerprint density at radius 3 is 1.87 bits per heavy atom. The van der Waals surface area contributed by atoms with E-state index in [1.165, 1.54) is 16.8 Å². The van der Waals surface area contributed by atoms with Crippen molar-refractivity contribution in [3.63, 3.8) is 0 Å². The third-order valence-electron chi connectivity index (χ3n) is 1.92. The van der Waals surface area contributed by atoms with Gasteiger partial charge in [-0.3, -0.25) is 0 Å². The summed E-state index contributed by atoms with van der Waals surface area (Å²) in [5.74, 6) is 0. The molecule has 0 rings (SSSR count). The molecule has 0 heterocycles. The van der Waals surface area contributed by atoms with Crippen molar-refractivity contribution in [1.82, 2.24) is 4.90 Å². The highest BCUT2D eigenvalue weighted by atomic mass is 15.1. The van der Waals surface area contributed by atoms with Gasteiger partial charge in [-0.15, -0.1) is 0 Å². The zero-order chi connectivity index (χ0) is 12.0. The number of rotatable bonds is 4. The predicted octanol–water partition coefficient (Wildman–Crippen LogP) is 3.92. The van der Waals surface area contributed by atoms with E-state index >= 15 is 0 Å². The molecule has 84 valence electrons. The first kappa shape index (κ1) is 13.8. The van der Waals surface area contributed by atoms with Crippen LogP contribution in [0.5, 0.6) is 0 Å². The number of hydrogen-bond donors (Lipinski definition) is 0. The molecule has 15 heavy (non-hydrogen) atoms. The topological polar surface area (TPSA) is 3.24 Å². The number of hydrogen-bond acceptors (Lipinski definition) is 1. The highest BCUT2D eigenvalue weighted by molar-refractivity contribution is 5.42. The van der Waals surface area contributed by atoms with Crippen LogP contribution >= 0.6 is 0 Å². The van der Waals surface area contributed by atoms with Gasteiger partial charge in [-0.05, 0) is 39.3 Å². The molecule has 0 aliphatic carbocycles. The van der Waals surface area contributed by atoms with Crippen LogP contribution in [0.4, 0.5) is 0 Å². The van der Waals surface area contributed by atoms with Crippen LogP contribution in [0.1, 0.15) is 27.7 Å². The molecule has 0 aromatic heterocycles. The summed E-state index contributed by atoms with van der Waals surface area (Å²) in [7, 11) is 4.11. The highest BCUT2D eigenvalue weighted by Crippen LogP contribution is 2.17. The first-order valence-electron chi connectivity index (χ1n) is 5.24. The number of allylic oxidation sites excluding steroid dienone is 5. The fourth-order valence-electron chi connectivity index (χ4n) is 1.32. The molecule has 0 atom stereocenters. The van der Waals surface area contributed by atoms with E-state index in [-0.39, 0.29) is 0 Å². The first-order valence-corrected chi connectivity index (χ1v) is 5.24. The van der Waals surface area contributed by atoms with E-state index in [9.17, 15) is 0 Å². The SMILES string of the molecule is C=C(C)/C=C(/C(C=C(C)C)=C/C)N(C)C. The number of nitrogens with zero attached hydrogens (tertiary/aromatic N) is 1. The minimum absolute atomic E-state index is 1.07. The normalized spacial score (nSPS) is 12.4. The molecule has 0 spiro atoms. The Bertz CT molecular complexity index is 310. The summed E-state index contributed by atoms with van der Waals surface area (Å²) in [4.78, 5) is 2.11. The zero-order valence-electron chi connectivity index (χ0n) is 10.9. The summed E-state index contributed by atoms with van der Waals surface area (Å²) >= 11 is 0. The predicted molar refractivity (Wildman–Crippen MR) is 69.8 cm³/mol. The second-order valence-corrected chi connectivity index (χ2v) is 4.24. The molecule has 0 amide bonds. The summed E-state index contributed by atoms with van der Waals surface area (Å²) in [6.45, 7) is 12.2. The largest absolute Gasteiger partial charge is 0.377 e. The van der Waals surface area contributed by atoms with Gasteiger partial charge in [0.25, 0.3) is 0 Å². The number of likely N-dealkylation sites (N-methyl/N-ethyl adjacent to an activating group) is 1. The quantitative estimate of drug-likeness (QED) is 0.629. The van der Waals surface area contributed by atoms with Crippen LogP contribution in [0.15, 0.2) is 47.2 Å². The average Bonchev–Trinajstić information content (AvgIpc) is 2.09. The van der Waals surface area contributed by atoms with Gasteiger partial charge in [0.15, 0.2) is 0 Å². The van der Waals surface area contributed by atoms with Crippen LogP contribution in [0.2, 0.25) is 0 Å². The van der Waals surface area contributed by atoms with Gasteiger partial charge in [-0.2, -0.15) is 0 Å². The summed E-state index contributed by atoms with van der Waals surface area (Å²) in [5, 5.41) is 0. The maximum atomic E-state index is 3.92. The lowest BCUT2D eigenvalue weighted by Gasteiger charge is -2.19. The molecule has 0 aromatic rings. The third kappa shape index (κ3) is 5.26. The van der Waals surface area contributed by atoms with Crippen LogP contribution in [0.25, 0.3) is 0 Å². The van der Waals surface area contributed by atoms with Crippen molar-refractivity contribution < 1.29 is 0 Å². The molecule has 0 aliphatic rings. The van der Waals surface area contributed by atoms with Crippen molar-refractivity contribution in [3.05, 3.63) is 47.2 Å². The molecule has 1 nitrogen and oxygen atoms in total. The fourth-order valence-corrected chi connectivity index (χ4v) is 1.32. The molecule has 0 saturated heterocycles. The van der Waals surface area contributed by atoms with E-state index in [0.717, 1.165) is 5.57 Å². The van der Waals surface area contributed by atoms with Crippen molar-refractivity contribution in [2.45, 2.75) is 27.7 Å². The Labute approximate surface area is 94.5 Å². The van der Waals surface area contributed by atoms with Crippen molar-refractivity contribution in [2.75, 3.05) is 14.1 Å². The standard InChI is InChI=1S/C14H23N/c1-8-13(9-11(2)3)14(15(6)7)10-12(4)5/h8-10H,4H2,1-3,5-7H3/b13-8+,14-10-. The van der Waals surface area contributed by atoms with E-state index in [4.69, 9.17) is 0 Å². The maximum absolute atomic E-state index is 3.92. The molecule has 0 radical (unpaired) electrons. The summed E-state index contributed by atoms with van der Waals surface area (Å²) < 4.78 is 0. The van der Waals surface area contributed by atoms with E-state index in [2.05, 4.69) is 64.6 Å². The first-order chi connectivity index (χ1) is 6.88. The second kappa shape index (κ2) is 6.28. The molecular formula is C14H23N. The maximum Gasteiger partial charge on any atom is 0.0433 e. The lowest BCUT2D eigenvalue weighted by Crippen LogP contribution is -2.12. The van der Waals surface area contributed by atoms with Gasteiger partial charge in [0.1, 0.15) is 0 Å². The molecule has 0 aromatic carbocycles. The van der Waals surface area contributed by atoms with E-state index in [1.54, 1.807) is 0 Å². The van der Waals surface area contributed by atoms with Gasteiger partial charge >= 0.3 is 0 Å². The Morgan fingerprint density at radius 1 is 1.07 bits per heavy atom. The minimum Gasteiger partial charge on any atom is -0.377 e. The highest BCUT2D eigenvalue weighted by Gasteiger charge is 2.03. The van der Waals surface area contributed by atoms with Crippen molar-refractivity contribution in [2.24, 2.45) is 0 Å². The molecule has 0 bridgehead atoms. The van der Waals surface area contributed by atoms with Crippen LogP contribution < -0.4 is 0 Å². The molecule has 0 fully saturated rings. The Balaban J connectivity index is 5.25. The second-order valence-electron chi connectivity index (χ2n) is 4.24. The molecule has 0 saturated carbocycles. The summed E-state index contributed by atoms with van der Waals surface area (Å²) in [5.41, 5.74) is 4.81. The van der Waals surface area contributed by atoms with Gasteiger partial charge in [-0.1, -0.05) is 29.9 Å². The smallest absolute Gasteiger partial charge is 0.0433 e. The van der Waals surface area contributed by atoms with Crippen molar-refractivity contribution >= 4 is 0 Å². The average molecular weight is 205 g/mol. The lowest BCUT2D eigenvalue weighted by atomic mass is 10.1. The van der Waals surface area contributed by atoms with Crippen molar-refractivity contribution in [1.29, 1.82) is 0 Å². The summed E-state index contributed by atoms with van der Waals surface area (Å²) in [6.07, 6.45) is 6.42. The molecule has 0 unspecified atom stereocenters. The zero-order valence-corrected chi connectivity index (χ0v) is 10.9. The van der Waals surface area contributed by atoms with Crippen molar-refractivity contribution in [3.8, 4) is 0 Å². The van der Waals surface area contributed by atoms with E-state index < -0.39 is 0 Å². The van der Waals surface area contributed by atoms with Gasteiger partial charge in [0.05, 0.1) is 0 Å². The lowest BCUT2D eigenvalue weighted by molar-refractivity contribution is 0.523. The monoisotopic (exact) mass is 205 g/mol. The Hall–Kier alpha value is -1.24. The van der Waals surface area contributed by atoms with Gasteiger partial charge in [0.2, 0.25) is 0 Å². The van der Waals surface area contributed by atoms with Crippen LogP contribution in [0, 0.1) is 0 Å². The van der Waals surface area contributed by atoms with Crippen LogP contribution in [-0.4, -0.2) is 19.0 Å². The molecular weight excluding hydrogens is 182 g/mol. The Kier molecular flexibility index (Phi) is 5.76. The fraction of sp³-hybridized carbons (Fsp3) is 0.429. The molecule has 0 aliphatic heterocycles. The minimum atomic E-state index is 1.07. The molecule has 1 heteroatoms. The van der Waals surface area contributed by atoms with E-state index in [0.29, 0.717) is 0 Å². The van der Waals surface area contributed by atoms with E-state index in [1.807, 2.05) is 6.92 Å². The summed E-state index contributed by atoms with van der Waals surface area (Å²) in [6, 6.07) is 0. The van der Waals surface area contributed by atoms with Gasteiger partial charge in [-0.25, -0.2) is 0 Å². The van der Waals surface area contributed by atoms with Gasteiger partial charge in [0, 0.05) is 19.8 Å². The molecule has 0 N–H and O–H groups in total. The van der Waals surface area contributed by atoms with Crippen LogP contribution in [0.3, 0.4) is 0 Å². The Morgan fingerprint density at radius 2 is 1.60 bits per heavy atom. The third-order valence-corrected chi connectivity index (χ3v) is 1.92.